The van der Waals surface area contributed by atoms with Gasteiger partial charge in [-0.15, -0.1) is 0 Å². The van der Waals surface area contributed by atoms with Gasteiger partial charge in [-0.05, 0) is 51.5 Å². The van der Waals surface area contributed by atoms with Crippen molar-refractivity contribution in [2.45, 2.75) is 32.6 Å². The number of rotatable bonds is 6. The smallest absolute Gasteiger partial charge is 0.409 e. The molecule has 33 heavy (non-hydrogen) atoms. The standard InChI is InChI=1S/C24H31N3O5S/c1-5-32-24(29)26-14-12-25(13-15-26)23(28)17-27(22-11-8-19(3)16-20(22)4)33(30,31)21-9-6-18(2)7-10-21/h6-11,16H,5,12-15,17H2,1-4H3. The van der Waals surface area contributed by atoms with Gasteiger partial charge in [0.05, 0.1) is 17.2 Å². The van der Waals surface area contributed by atoms with E-state index in [4.69, 9.17) is 4.74 Å². The maximum atomic E-state index is 13.6. The van der Waals surface area contributed by atoms with Crippen LogP contribution in [0.3, 0.4) is 0 Å². The van der Waals surface area contributed by atoms with Gasteiger partial charge in [-0.3, -0.25) is 9.10 Å². The quantitative estimate of drug-likeness (QED) is 0.643. The average Bonchev–Trinajstić information content (AvgIpc) is 2.78. The molecule has 3 rings (SSSR count). The van der Waals surface area contributed by atoms with Crippen LogP contribution in [0.1, 0.15) is 23.6 Å². The van der Waals surface area contributed by atoms with Gasteiger partial charge < -0.3 is 14.5 Å². The van der Waals surface area contributed by atoms with Crippen LogP contribution in [-0.4, -0.2) is 69.5 Å². The lowest BCUT2D eigenvalue weighted by molar-refractivity contribution is -0.131. The van der Waals surface area contributed by atoms with E-state index >= 15 is 0 Å². The van der Waals surface area contributed by atoms with E-state index in [1.54, 1.807) is 47.1 Å². The summed E-state index contributed by atoms with van der Waals surface area (Å²) in [5.41, 5.74) is 3.19. The van der Waals surface area contributed by atoms with Crippen molar-refractivity contribution in [3.05, 3.63) is 59.2 Å². The molecule has 0 aliphatic carbocycles. The number of piperazine rings is 1. The van der Waals surface area contributed by atoms with Crippen LogP contribution in [0.2, 0.25) is 0 Å². The Labute approximate surface area is 195 Å². The number of hydrogen-bond acceptors (Lipinski definition) is 5. The molecule has 0 radical (unpaired) electrons. The zero-order valence-electron chi connectivity index (χ0n) is 19.6. The van der Waals surface area contributed by atoms with E-state index in [1.807, 2.05) is 32.9 Å². The highest BCUT2D eigenvalue weighted by Crippen LogP contribution is 2.28. The predicted octanol–water partition coefficient (Wildman–Crippen LogP) is 3.11. The minimum absolute atomic E-state index is 0.132. The second-order valence-corrected chi connectivity index (χ2v) is 10.0. The second kappa shape index (κ2) is 10.2. The molecule has 1 aliphatic heterocycles. The van der Waals surface area contributed by atoms with Crippen molar-refractivity contribution in [3.63, 3.8) is 0 Å². The number of anilines is 1. The number of carbonyl (C=O) groups is 2. The Kier molecular flexibility index (Phi) is 7.63. The first kappa shape index (κ1) is 24.6. The van der Waals surface area contributed by atoms with Gasteiger partial charge in [-0.2, -0.15) is 0 Å². The van der Waals surface area contributed by atoms with Crippen LogP contribution in [0.15, 0.2) is 47.4 Å². The number of amides is 2. The third kappa shape index (κ3) is 5.65. The summed E-state index contributed by atoms with van der Waals surface area (Å²) in [7, 11) is -3.97. The highest BCUT2D eigenvalue weighted by atomic mass is 32.2. The summed E-state index contributed by atoms with van der Waals surface area (Å²) in [4.78, 5) is 28.4. The van der Waals surface area contributed by atoms with Crippen molar-refractivity contribution in [1.29, 1.82) is 0 Å². The first-order valence-electron chi connectivity index (χ1n) is 11.0. The Bertz CT molecular complexity index is 1110. The Morgan fingerprint density at radius 1 is 0.909 bits per heavy atom. The highest BCUT2D eigenvalue weighted by Gasteiger charge is 2.31. The van der Waals surface area contributed by atoms with Crippen LogP contribution in [0.5, 0.6) is 0 Å². The van der Waals surface area contributed by atoms with E-state index in [0.29, 0.717) is 38.5 Å². The summed E-state index contributed by atoms with van der Waals surface area (Å²) < 4.78 is 33.4. The SMILES string of the molecule is CCOC(=O)N1CCN(C(=O)CN(c2ccc(C)cc2C)S(=O)(=O)c2ccc(C)cc2)CC1. The lowest BCUT2D eigenvalue weighted by Gasteiger charge is -2.35. The molecule has 1 saturated heterocycles. The molecule has 1 heterocycles. The minimum atomic E-state index is -3.97. The van der Waals surface area contributed by atoms with Crippen molar-refractivity contribution in [2.75, 3.05) is 43.6 Å². The molecule has 0 atom stereocenters. The Balaban J connectivity index is 1.85. The van der Waals surface area contributed by atoms with Gasteiger partial charge in [0.1, 0.15) is 6.54 Å². The van der Waals surface area contributed by atoms with Gasteiger partial charge >= 0.3 is 6.09 Å². The third-order valence-electron chi connectivity index (χ3n) is 5.67. The molecule has 0 saturated carbocycles. The van der Waals surface area contributed by atoms with Crippen LogP contribution in [0, 0.1) is 20.8 Å². The summed E-state index contributed by atoms with van der Waals surface area (Å²) >= 11 is 0. The lowest BCUT2D eigenvalue weighted by Crippen LogP contribution is -2.53. The third-order valence-corrected chi connectivity index (χ3v) is 7.44. The number of sulfonamides is 1. The fraction of sp³-hybridized carbons (Fsp3) is 0.417. The van der Waals surface area contributed by atoms with Crippen LogP contribution in [0.25, 0.3) is 0 Å². The number of aryl methyl sites for hydroxylation is 3. The number of carbonyl (C=O) groups excluding carboxylic acids is 2. The molecule has 1 aliphatic rings. The van der Waals surface area contributed by atoms with E-state index in [-0.39, 0.29) is 17.3 Å². The summed E-state index contributed by atoms with van der Waals surface area (Å²) in [6.45, 7) is 8.71. The molecule has 0 aromatic heterocycles. The number of ether oxygens (including phenoxy) is 1. The van der Waals surface area contributed by atoms with Crippen molar-refractivity contribution in [3.8, 4) is 0 Å². The number of hydrogen-bond donors (Lipinski definition) is 0. The van der Waals surface area contributed by atoms with Crippen LogP contribution in [0.4, 0.5) is 10.5 Å². The maximum absolute atomic E-state index is 13.6. The normalized spacial score (nSPS) is 14.2. The van der Waals surface area contributed by atoms with E-state index in [2.05, 4.69) is 0 Å². The molecule has 2 aromatic carbocycles. The first-order valence-corrected chi connectivity index (χ1v) is 12.4. The van der Waals surface area contributed by atoms with Gasteiger partial charge in [0.2, 0.25) is 5.91 Å². The summed E-state index contributed by atoms with van der Waals surface area (Å²) in [6.07, 6.45) is -0.400. The van der Waals surface area contributed by atoms with Gasteiger partial charge in [-0.25, -0.2) is 13.2 Å². The van der Waals surface area contributed by atoms with Crippen LogP contribution in [-0.2, 0) is 19.6 Å². The Morgan fingerprint density at radius 3 is 2.06 bits per heavy atom. The maximum Gasteiger partial charge on any atom is 0.409 e. The first-order chi connectivity index (χ1) is 15.6. The van der Waals surface area contributed by atoms with E-state index in [9.17, 15) is 18.0 Å². The van der Waals surface area contributed by atoms with Crippen molar-refractivity contribution in [1.82, 2.24) is 9.80 Å². The van der Waals surface area contributed by atoms with Crippen molar-refractivity contribution >= 4 is 27.7 Å². The summed E-state index contributed by atoms with van der Waals surface area (Å²) in [5.74, 6) is -0.311. The van der Waals surface area contributed by atoms with E-state index in [1.165, 1.54) is 4.31 Å². The van der Waals surface area contributed by atoms with Crippen molar-refractivity contribution in [2.24, 2.45) is 0 Å². The monoisotopic (exact) mass is 473 g/mol. The average molecular weight is 474 g/mol. The fourth-order valence-electron chi connectivity index (χ4n) is 3.80. The van der Waals surface area contributed by atoms with Gasteiger partial charge in [0.15, 0.2) is 0 Å². The predicted molar refractivity (Wildman–Crippen MR) is 127 cm³/mol. The largest absolute Gasteiger partial charge is 0.450 e. The molecule has 8 nitrogen and oxygen atoms in total. The van der Waals surface area contributed by atoms with E-state index < -0.39 is 16.1 Å². The van der Waals surface area contributed by atoms with E-state index in [0.717, 1.165) is 16.7 Å². The second-order valence-electron chi connectivity index (χ2n) is 8.18. The molecule has 2 aromatic rings. The molecule has 0 bridgehead atoms. The summed E-state index contributed by atoms with van der Waals surface area (Å²) in [5, 5.41) is 0. The topological polar surface area (TPSA) is 87.2 Å². The molecule has 0 N–H and O–H groups in total. The zero-order chi connectivity index (χ0) is 24.2. The molecule has 0 unspecified atom stereocenters. The van der Waals surface area contributed by atoms with Crippen LogP contribution < -0.4 is 4.31 Å². The van der Waals surface area contributed by atoms with Gasteiger partial charge in [0, 0.05) is 26.2 Å². The Hall–Kier alpha value is -3.07. The number of benzene rings is 2. The fourth-order valence-corrected chi connectivity index (χ4v) is 5.28. The van der Waals surface area contributed by atoms with Crippen LogP contribution >= 0.6 is 0 Å². The molecular formula is C24H31N3O5S. The zero-order valence-corrected chi connectivity index (χ0v) is 20.4. The van der Waals surface area contributed by atoms with Crippen molar-refractivity contribution < 1.29 is 22.7 Å². The molecule has 2 amide bonds. The molecule has 178 valence electrons. The summed E-state index contributed by atoms with van der Waals surface area (Å²) in [6, 6.07) is 12.1. The minimum Gasteiger partial charge on any atom is -0.450 e. The Morgan fingerprint density at radius 2 is 1.48 bits per heavy atom. The van der Waals surface area contributed by atoms with Gasteiger partial charge in [-0.1, -0.05) is 35.4 Å². The molecule has 0 spiro atoms. The lowest BCUT2D eigenvalue weighted by atomic mass is 10.1. The molecular weight excluding hydrogens is 442 g/mol. The molecule has 1 fully saturated rings. The number of nitrogens with zero attached hydrogens (tertiary/aromatic N) is 3. The molecule has 9 heteroatoms. The van der Waals surface area contributed by atoms with Gasteiger partial charge in [0.25, 0.3) is 10.0 Å². The highest BCUT2D eigenvalue weighted by molar-refractivity contribution is 7.92.